The van der Waals surface area contributed by atoms with Gasteiger partial charge in [-0.3, -0.25) is 14.2 Å². The van der Waals surface area contributed by atoms with E-state index in [4.69, 9.17) is 0 Å². The van der Waals surface area contributed by atoms with Crippen LogP contribution in [0.2, 0.25) is 0 Å². The summed E-state index contributed by atoms with van der Waals surface area (Å²) < 4.78 is 1.48. The maximum atomic E-state index is 12.3. The maximum absolute atomic E-state index is 12.3. The number of nitrogens with zero attached hydrogens (tertiary/aromatic N) is 2. The van der Waals surface area contributed by atoms with Crippen molar-refractivity contribution < 1.29 is 4.79 Å². The molecule has 0 saturated carbocycles. The summed E-state index contributed by atoms with van der Waals surface area (Å²) in [6, 6.07) is 1.39. The molecule has 1 heterocycles. The van der Waals surface area contributed by atoms with Gasteiger partial charge in [0, 0.05) is 24.2 Å². The van der Waals surface area contributed by atoms with Gasteiger partial charge in [-0.1, -0.05) is 41.5 Å². The highest BCUT2D eigenvalue weighted by Gasteiger charge is 2.28. The molecule has 0 N–H and O–H groups in total. The molecule has 4 nitrogen and oxygen atoms in total. The minimum Gasteiger partial charge on any atom is -0.290 e. The molecule has 0 radical (unpaired) electrons. The number of carbonyl (C=O) groups is 1. The summed E-state index contributed by atoms with van der Waals surface area (Å²) >= 11 is 0. The fourth-order valence-corrected chi connectivity index (χ4v) is 1.58. The molecule has 1 aromatic rings. The highest BCUT2D eigenvalue weighted by molar-refractivity contribution is 5.96. The second-order valence-corrected chi connectivity index (χ2v) is 6.83. The van der Waals surface area contributed by atoms with Crippen molar-refractivity contribution in [3.05, 3.63) is 28.4 Å². The summed E-state index contributed by atoms with van der Waals surface area (Å²) in [4.78, 5) is 28.3. The van der Waals surface area contributed by atoms with Crippen LogP contribution in [0.15, 0.2) is 17.1 Å². The van der Waals surface area contributed by atoms with E-state index in [2.05, 4.69) is 4.98 Å². The molecule has 1 aromatic heterocycles. The Morgan fingerprint density at radius 2 is 1.78 bits per heavy atom. The van der Waals surface area contributed by atoms with Gasteiger partial charge in [-0.05, 0) is 5.41 Å². The van der Waals surface area contributed by atoms with Crippen LogP contribution in [0.5, 0.6) is 0 Å². The molecule has 0 aliphatic carbocycles. The van der Waals surface area contributed by atoms with Gasteiger partial charge in [0.25, 0.3) is 5.56 Å². The average molecular weight is 250 g/mol. The molecule has 0 unspecified atom stereocenters. The van der Waals surface area contributed by atoms with Crippen molar-refractivity contribution in [1.29, 1.82) is 0 Å². The summed E-state index contributed by atoms with van der Waals surface area (Å²) in [6.07, 6.45) is 1.40. The van der Waals surface area contributed by atoms with Crippen LogP contribution in [-0.4, -0.2) is 15.3 Å². The Morgan fingerprint density at radius 3 is 2.22 bits per heavy atom. The number of rotatable bonds is 2. The van der Waals surface area contributed by atoms with Gasteiger partial charge in [-0.2, -0.15) is 0 Å². The Bertz CT molecular complexity index is 502. The molecule has 18 heavy (non-hydrogen) atoms. The minimum atomic E-state index is -0.541. The molecule has 0 bridgehead atoms. The van der Waals surface area contributed by atoms with Crippen LogP contribution in [0.1, 0.15) is 52.2 Å². The average Bonchev–Trinajstić information content (AvgIpc) is 2.17. The summed E-state index contributed by atoms with van der Waals surface area (Å²) in [7, 11) is 0. The minimum absolute atomic E-state index is 0.0836. The lowest BCUT2D eigenvalue weighted by Crippen LogP contribution is -2.35. The van der Waals surface area contributed by atoms with Crippen molar-refractivity contribution in [2.45, 2.75) is 48.1 Å². The Balaban J connectivity index is 3.34. The first-order valence-electron chi connectivity index (χ1n) is 6.13. The van der Waals surface area contributed by atoms with Gasteiger partial charge in [-0.15, -0.1) is 0 Å². The molecule has 0 fully saturated rings. The third kappa shape index (κ3) is 3.52. The second kappa shape index (κ2) is 4.67. The summed E-state index contributed by atoms with van der Waals surface area (Å²) in [5.41, 5.74) is -0.798. The smallest absolute Gasteiger partial charge is 0.253 e. The van der Waals surface area contributed by atoms with Crippen LogP contribution in [0.3, 0.4) is 0 Å². The number of carbonyl (C=O) groups excluding carboxylic acids is 1. The van der Waals surface area contributed by atoms with E-state index >= 15 is 0 Å². The zero-order valence-corrected chi connectivity index (χ0v) is 12.1. The lowest BCUT2D eigenvalue weighted by atomic mass is 9.89. The highest BCUT2D eigenvalue weighted by atomic mass is 16.1. The van der Waals surface area contributed by atoms with E-state index < -0.39 is 5.41 Å². The lowest BCUT2D eigenvalue weighted by molar-refractivity contribution is 0.0837. The third-order valence-corrected chi connectivity index (χ3v) is 2.45. The predicted molar refractivity (Wildman–Crippen MR) is 71.7 cm³/mol. The first-order valence-corrected chi connectivity index (χ1v) is 6.13. The largest absolute Gasteiger partial charge is 0.290 e. The molecule has 4 heteroatoms. The van der Waals surface area contributed by atoms with Crippen molar-refractivity contribution in [2.75, 3.05) is 0 Å². The molecule has 0 saturated heterocycles. The van der Waals surface area contributed by atoms with Crippen LogP contribution in [0.4, 0.5) is 0 Å². The molecule has 0 spiro atoms. The van der Waals surface area contributed by atoms with E-state index in [1.54, 1.807) is 0 Å². The molecule has 0 aliphatic heterocycles. The highest BCUT2D eigenvalue weighted by Crippen LogP contribution is 2.21. The molecule has 1 rings (SSSR count). The number of hydrogen-bond acceptors (Lipinski definition) is 3. The van der Waals surface area contributed by atoms with Gasteiger partial charge < -0.3 is 0 Å². The molecule has 100 valence electrons. The number of Topliss-reactive ketones (excluding diaryl/α,β-unsaturated/α-hetero) is 1. The topological polar surface area (TPSA) is 52.0 Å². The lowest BCUT2D eigenvalue weighted by Gasteiger charge is -2.23. The van der Waals surface area contributed by atoms with Gasteiger partial charge >= 0.3 is 0 Å². The fraction of sp³-hybridized carbons (Fsp3) is 0.643. The monoisotopic (exact) mass is 250 g/mol. The van der Waals surface area contributed by atoms with Crippen LogP contribution in [0.25, 0.3) is 0 Å². The zero-order chi connectivity index (χ0) is 14.1. The van der Waals surface area contributed by atoms with E-state index in [-0.39, 0.29) is 22.6 Å². The molecular weight excluding hydrogens is 228 g/mol. The van der Waals surface area contributed by atoms with Crippen LogP contribution in [0, 0.1) is 10.8 Å². The van der Waals surface area contributed by atoms with E-state index in [0.717, 1.165) is 0 Å². The third-order valence-electron chi connectivity index (χ3n) is 2.45. The quantitative estimate of drug-likeness (QED) is 0.758. The first-order chi connectivity index (χ1) is 8.02. The van der Waals surface area contributed by atoms with Crippen molar-refractivity contribution in [1.82, 2.24) is 9.55 Å². The Morgan fingerprint density at radius 1 is 1.22 bits per heavy atom. The number of aromatic nitrogens is 2. The van der Waals surface area contributed by atoms with Crippen molar-refractivity contribution in [3.8, 4) is 0 Å². The van der Waals surface area contributed by atoms with E-state index in [1.165, 1.54) is 16.8 Å². The predicted octanol–water partition coefficient (Wildman–Crippen LogP) is 2.52. The van der Waals surface area contributed by atoms with Crippen LogP contribution >= 0.6 is 0 Å². The Kier molecular flexibility index (Phi) is 3.79. The molecule has 0 atom stereocenters. The van der Waals surface area contributed by atoms with Gasteiger partial charge in [0.15, 0.2) is 5.82 Å². The van der Waals surface area contributed by atoms with Gasteiger partial charge in [0.05, 0.1) is 0 Å². The van der Waals surface area contributed by atoms with Crippen LogP contribution in [-0.2, 0) is 6.54 Å². The number of hydrogen-bond donors (Lipinski definition) is 0. The zero-order valence-electron chi connectivity index (χ0n) is 12.1. The Labute approximate surface area is 108 Å². The van der Waals surface area contributed by atoms with Crippen molar-refractivity contribution >= 4 is 5.78 Å². The van der Waals surface area contributed by atoms with E-state index in [1.807, 2.05) is 41.5 Å². The summed E-state index contributed by atoms with van der Waals surface area (Å²) in [5, 5.41) is 0. The second-order valence-electron chi connectivity index (χ2n) is 6.83. The summed E-state index contributed by atoms with van der Waals surface area (Å²) in [6.45, 7) is 12.0. The SMILES string of the molecule is CC(C)(C)Cn1c(C(=O)C(C)(C)C)nccc1=O. The van der Waals surface area contributed by atoms with Crippen LogP contribution < -0.4 is 5.56 Å². The fourth-order valence-electron chi connectivity index (χ4n) is 1.58. The molecule has 0 aliphatic rings. The van der Waals surface area contributed by atoms with E-state index in [9.17, 15) is 9.59 Å². The number of ketones is 1. The normalized spacial score (nSPS) is 12.6. The van der Waals surface area contributed by atoms with Crippen molar-refractivity contribution in [2.24, 2.45) is 10.8 Å². The molecule has 0 amide bonds. The first kappa shape index (κ1) is 14.6. The standard InChI is InChI=1S/C14H22N2O2/c1-13(2,3)9-16-10(17)7-8-15-12(16)11(18)14(4,5)6/h7-8H,9H2,1-6H3. The molecular formula is C14H22N2O2. The Hall–Kier alpha value is -1.45. The van der Waals surface area contributed by atoms with E-state index in [0.29, 0.717) is 6.54 Å². The maximum Gasteiger partial charge on any atom is 0.253 e. The summed E-state index contributed by atoms with van der Waals surface area (Å²) in [5.74, 6) is 0.148. The van der Waals surface area contributed by atoms with Gasteiger partial charge in [0.2, 0.25) is 5.78 Å². The molecule has 0 aromatic carbocycles. The van der Waals surface area contributed by atoms with Gasteiger partial charge in [-0.25, -0.2) is 4.98 Å². The van der Waals surface area contributed by atoms with Gasteiger partial charge in [0.1, 0.15) is 0 Å². The van der Waals surface area contributed by atoms with Crippen molar-refractivity contribution in [3.63, 3.8) is 0 Å².